The van der Waals surface area contributed by atoms with E-state index in [4.69, 9.17) is 14.2 Å². The van der Waals surface area contributed by atoms with E-state index in [0.717, 1.165) is 36.8 Å². The number of hydrogen-bond acceptors (Lipinski definition) is 8. The number of aryl methyl sites for hydroxylation is 2. The van der Waals surface area contributed by atoms with Gasteiger partial charge in [0.1, 0.15) is 11.4 Å². The van der Waals surface area contributed by atoms with E-state index in [1.54, 1.807) is 58.8 Å². The minimum absolute atomic E-state index is 0.00626. The molecular weight excluding hydrogens is 688 g/mol. The summed E-state index contributed by atoms with van der Waals surface area (Å²) in [6.07, 6.45) is 9.69. The maximum absolute atomic E-state index is 13.2. The van der Waals surface area contributed by atoms with E-state index in [1.807, 2.05) is 36.5 Å². The fourth-order valence-corrected chi connectivity index (χ4v) is 6.71. The third-order valence-electron chi connectivity index (χ3n) is 9.63. The third kappa shape index (κ3) is 8.84. The number of amides is 3. The number of fused-ring (bicyclic) bond motifs is 2. The molecule has 2 aliphatic heterocycles. The van der Waals surface area contributed by atoms with Crippen LogP contribution in [0.3, 0.4) is 0 Å². The van der Waals surface area contributed by atoms with Gasteiger partial charge in [-0.3, -0.25) is 19.4 Å². The quantitative estimate of drug-likeness (QED) is 0.0988. The van der Waals surface area contributed by atoms with Crippen molar-refractivity contribution in [3.8, 4) is 22.6 Å². The van der Waals surface area contributed by atoms with Crippen LogP contribution in [0, 0.1) is 5.92 Å². The minimum Gasteiger partial charge on any atom is -0.493 e. The van der Waals surface area contributed by atoms with E-state index < -0.39 is 0 Å². The SMILES string of the molecule is COc1cc2c(cc1OCCCC(=O)Nc1cc(C(=O)Nc3ccc(-c4cc(C(=O)OCCCC(C)C)n(C)c4)cc3)n(C)c1)N=C[C@@H]1CCCN1C2=O. The average Bonchev–Trinajstić information content (AvgIpc) is 3.87. The molecule has 13 heteroatoms. The number of nitrogens with one attached hydrogen (secondary N) is 2. The number of esters is 1. The molecule has 0 radical (unpaired) electrons. The van der Waals surface area contributed by atoms with Gasteiger partial charge in [0, 0.05) is 63.0 Å². The Morgan fingerprint density at radius 1 is 0.889 bits per heavy atom. The number of ether oxygens (including phenoxy) is 3. The van der Waals surface area contributed by atoms with Crippen LogP contribution in [0.2, 0.25) is 0 Å². The molecule has 2 N–H and O–H groups in total. The van der Waals surface area contributed by atoms with Gasteiger partial charge in [0.25, 0.3) is 11.8 Å². The zero-order valence-corrected chi connectivity index (χ0v) is 31.5. The molecule has 2 aliphatic rings. The van der Waals surface area contributed by atoms with Crippen molar-refractivity contribution in [1.82, 2.24) is 14.0 Å². The summed E-state index contributed by atoms with van der Waals surface area (Å²) in [7, 11) is 5.07. The van der Waals surface area contributed by atoms with Crippen LogP contribution in [-0.2, 0) is 23.6 Å². The van der Waals surface area contributed by atoms with Crippen molar-refractivity contribution >= 4 is 47.0 Å². The predicted octanol–water partition coefficient (Wildman–Crippen LogP) is 7.00. The fourth-order valence-electron chi connectivity index (χ4n) is 6.71. The molecular formula is C41H48N6O7. The Morgan fingerprint density at radius 2 is 1.67 bits per heavy atom. The number of hydrogen-bond donors (Lipinski definition) is 2. The van der Waals surface area contributed by atoms with Crippen LogP contribution in [-0.4, -0.2) is 76.8 Å². The lowest BCUT2D eigenvalue weighted by atomic mass is 10.1. The van der Waals surface area contributed by atoms with Gasteiger partial charge in [-0.2, -0.15) is 0 Å². The summed E-state index contributed by atoms with van der Waals surface area (Å²) < 4.78 is 20.4. The Kier molecular flexibility index (Phi) is 11.8. The molecule has 3 amide bonds. The molecule has 2 aromatic carbocycles. The summed E-state index contributed by atoms with van der Waals surface area (Å²) in [5, 5.41) is 5.77. The molecule has 1 atom stereocenters. The van der Waals surface area contributed by atoms with Gasteiger partial charge in [-0.15, -0.1) is 0 Å². The molecule has 0 saturated carbocycles. The highest BCUT2D eigenvalue weighted by molar-refractivity contribution is 6.05. The van der Waals surface area contributed by atoms with E-state index in [0.29, 0.717) is 71.0 Å². The van der Waals surface area contributed by atoms with E-state index in [1.165, 1.54) is 7.11 Å². The number of nitrogens with zero attached hydrogens (tertiary/aromatic N) is 4. The number of benzene rings is 2. The van der Waals surface area contributed by atoms with Gasteiger partial charge in [0.05, 0.1) is 43.3 Å². The average molecular weight is 737 g/mol. The first kappa shape index (κ1) is 37.9. The van der Waals surface area contributed by atoms with Crippen LogP contribution in [0.25, 0.3) is 11.1 Å². The van der Waals surface area contributed by atoms with Crippen LogP contribution < -0.4 is 20.1 Å². The molecule has 0 spiro atoms. The summed E-state index contributed by atoms with van der Waals surface area (Å²) in [5.41, 5.74) is 4.72. The monoisotopic (exact) mass is 736 g/mol. The molecule has 1 saturated heterocycles. The number of rotatable bonds is 15. The number of aliphatic imine (C=N–C) groups is 1. The lowest BCUT2D eigenvalue weighted by Gasteiger charge is -2.20. The Hall–Kier alpha value is -5.85. The Balaban J connectivity index is 0.978. The molecule has 1 fully saturated rings. The number of aromatic nitrogens is 2. The Morgan fingerprint density at radius 3 is 2.43 bits per heavy atom. The second-order valence-corrected chi connectivity index (χ2v) is 14.2. The molecule has 6 rings (SSSR count). The van der Waals surface area contributed by atoms with Crippen LogP contribution in [0.4, 0.5) is 17.1 Å². The zero-order chi connectivity index (χ0) is 38.4. The number of anilines is 2. The molecule has 13 nitrogen and oxygen atoms in total. The normalized spacial score (nSPS) is 14.7. The Bertz CT molecular complexity index is 2040. The third-order valence-corrected chi connectivity index (χ3v) is 9.63. The molecule has 0 bridgehead atoms. The van der Waals surface area contributed by atoms with Crippen molar-refractivity contribution in [3.05, 3.63) is 77.9 Å². The molecule has 284 valence electrons. The summed E-state index contributed by atoms with van der Waals surface area (Å²) >= 11 is 0. The highest BCUT2D eigenvalue weighted by Gasteiger charge is 2.32. The summed E-state index contributed by atoms with van der Waals surface area (Å²) in [5.74, 6) is 0.486. The maximum atomic E-state index is 13.2. The molecule has 4 aromatic rings. The number of methoxy groups -OCH3 is 1. The van der Waals surface area contributed by atoms with E-state index in [-0.39, 0.29) is 42.8 Å². The molecule has 54 heavy (non-hydrogen) atoms. The maximum Gasteiger partial charge on any atom is 0.354 e. The van der Waals surface area contributed by atoms with E-state index in [9.17, 15) is 19.2 Å². The first-order valence-corrected chi connectivity index (χ1v) is 18.4. The summed E-state index contributed by atoms with van der Waals surface area (Å²) in [6.45, 7) is 5.63. The van der Waals surface area contributed by atoms with E-state index >= 15 is 0 Å². The fraction of sp³-hybridized carbons (Fsp3) is 0.390. The first-order valence-electron chi connectivity index (χ1n) is 18.4. The van der Waals surface area contributed by atoms with Gasteiger partial charge in [-0.25, -0.2) is 4.79 Å². The lowest BCUT2D eigenvalue weighted by Crippen LogP contribution is -2.35. The van der Waals surface area contributed by atoms with Crippen molar-refractivity contribution in [2.75, 3.05) is 37.5 Å². The minimum atomic E-state index is -0.350. The second-order valence-electron chi connectivity index (χ2n) is 14.2. The highest BCUT2D eigenvalue weighted by Crippen LogP contribution is 2.38. The van der Waals surface area contributed by atoms with Crippen LogP contribution in [0.15, 0.2) is 65.9 Å². The highest BCUT2D eigenvalue weighted by atomic mass is 16.5. The molecule has 0 unspecified atom stereocenters. The standard InChI is InChI=1S/C41H48N6O7/c1-26(2)9-7-18-54-41(51)35-19-28(24-45(35)3)27-12-14-29(15-13-27)44-39(49)34-20-30(25-46(34)4)43-38(48)11-8-17-53-37-22-33-32(21-36(37)52-5)40(50)47-16-6-10-31(47)23-42-33/h12-15,19-26,31H,6-11,16-18H2,1-5H3,(H,43,48)(H,44,49)/t31-/m0/s1. The summed E-state index contributed by atoms with van der Waals surface area (Å²) in [4.78, 5) is 58.1. The van der Waals surface area contributed by atoms with Crippen molar-refractivity contribution in [3.63, 3.8) is 0 Å². The van der Waals surface area contributed by atoms with Gasteiger partial charge in [-0.05, 0) is 73.9 Å². The van der Waals surface area contributed by atoms with Gasteiger partial charge in [0.2, 0.25) is 5.91 Å². The van der Waals surface area contributed by atoms with Crippen LogP contribution in [0.1, 0.15) is 83.7 Å². The largest absolute Gasteiger partial charge is 0.493 e. The van der Waals surface area contributed by atoms with Gasteiger partial charge in [-0.1, -0.05) is 26.0 Å². The van der Waals surface area contributed by atoms with E-state index in [2.05, 4.69) is 29.5 Å². The molecule has 2 aromatic heterocycles. The lowest BCUT2D eigenvalue weighted by molar-refractivity contribution is -0.116. The van der Waals surface area contributed by atoms with Crippen LogP contribution in [0.5, 0.6) is 11.5 Å². The number of carbonyl (C=O) groups excluding carboxylic acids is 4. The summed E-state index contributed by atoms with van der Waals surface area (Å²) in [6, 6.07) is 14.2. The van der Waals surface area contributed by atoms with Crippen molar-refractivity contribution in [2.24, 2.45) is 25.0 Å². The molecule has 4 heterocycles. The molecule has 0 aliphatic carbocycles. The van der Waals surface area contributed by atoms with Crippen molar-refractivity contribution < 1.29 is 33.4 Å². The van der Waals surface area contributed by atoms with Gasteiger partial charge >= 0.3 is 5.97 Å². The predicted molar refractivity (Wildman–Crippen MR) is 207 cm³/mol. The van der Waals surface area contributed by atoms with Gasteiger partial charge in [0.15, 0.2) is 11.5 Å². The number of carbonyl (C=O) groups is 4. The Labute approximate surface area is 315 Å². The topological polar surface area (TPSA) is 145 Å². The smallest absolute Gasteiger partial charge is 0.354 e. The first-order chi connectivity index (χ1) is 26.0. The zero-order valence-electron chi connectivity index (χ0n) is 31.5. The van der Waals surface area contributed by atoms with Gasteiger partial charge < -0.3 is 38.9 Å². The van der Waals surface area contributed by atoms with Crippen molar-refractivity contribution in [2.45, 2.75) is 58.4 Å². The second kappa shape index (κ2) is 16.9. The van der Waals surface area contributed by atoms with Crippen molar-refractivity contribution in [1.29, 1.82) is 0 Å². The van der Waals surface area contributed by atoms with Crippen LogP contribution >= 0.6 is 0 Å².